The average Bonchev–Trinajstić information content (AvgIpc) is 3.30. The average molecular weight is 411 g/mol. The number of benzene rings is 2. The minimum atomic E-state index is -0.652. The third-order valence-electron chi connectivity index (χ3n) is 5.22. The predicted octanol–water partition coefficient (Wildman–Crippen LogP) is 3.95. The van der Waals surface area contributed by atoms with Crippen LogP contribution in [0.25, 0.3) is 0 Å². The maximum Gasteiger partial charge on any atom is 0.265 e. The van der Waals surface area contributed by atoms with Crippen molar-refractivity contribution in [3.63, 3.8) is 0 Å². The molecule has 1 aliphatic rings. The normalized spacial score (nSPS) is 16.7. The zero-order valence-electron chi connectivity index (χ0n) is 17.6. The number of amides is 2. The Morgan fingerprint density at radius 1 is 1.13 bits per heavy atom. The molecule has 30 heavy (non-hydrogen) atoms. The number of hydrogen-bond acceptors (Lipinski definition) is 4. The number of nitrogens with one attached hydrogen (secondary N) is 2. The van der Waals surface area contributed by atoms with Crippen molar-refractivity contribution in [2.24, 2.45) is 0 Å². The minimum Gasteiger partial charge on any atom is -0.481 e. The quantitative estimate of drug-likeness (QED) is 0.656. The van der Waals surface area contributed by atoms with Crippen molar-refractivity contribution < 1.29 is 19.1 Å². The lowest BCUT2D eigenvalue weighted by Crippen LogP contribution is -2.35. The smallest absolute Gasteiger partial charge is 0.265 e. The van der Waals surface area contributed by atoms with Gasteiger partial charge in [-0.1, -0.05) is 38.1 Å². The second kappa shape index (κ2) is 10.8. The number of hydrogen-bond donors (Lipinski definition) is 2. The van der Waals surface area contributed by atoms with Gasteiger partial charge in [-0.25, -0.2) is 0 Å². The fourth-order valence-electron chi connectivity index (χ4n) is 3.40. The molecule has 0 spiro atoms. The molecule has 2 amide bonds. The Balaban J connectivity index is 1.63. The molecule has 6 nitrogen and oxygen atoms in total. The van der Waals surface area contributed by atoms with Gasteiger partial charge in [-0.15, -0.1) is 0 Å². The summed E-state index contributed by atoms with van der Waals surface area (Å²) in [7, 11) is 0. The summed E-state index contributed by atoms with van der Waals surface area (Å²) in [5, 5.41) is 5.76. The van der Waals surface area contributed by atoms with E-state index in [1.165, 1.54) is 5.56 Å². The number of rotatable bonds is 9. The summed E-state index contributed by atoms with van der Waals surface area (Å²) in [5.41, 5.74) is 2.10. The third kappa shape index (κ3) is 5.83. The maximum absolute atomic E-state index is 12.8. The Hall–Kier alpha value is -2.86. The third-order valence-corrected chi connectivity index (χ3v) is 5.22. The van der Waals surface area contributed by atoms with Crippen molar-refractivity contribution in [3.8, 4) is 5.75 Å². The van der Waals surface area contributed by atoms with E-state index in [4.69, 9.17) is 9.47 Å². The molecule has 2 aromatic rings. The monoisotopic (exact) mass is 410 g/mol. The Morgan fingerprint density at radius 2 is 1.90 bits per heavy atom. The van der Waals surface area contributed by atoms with E-state index >= 15 is 0 Å². The van der Waals surface area contributed by atoms with E-state index < -0.39 is 6.10 Å². The van der Waals surface area contributed by atoms with E-state index in [1.54, 1.807) is 24.3 Å². The molecular formula is C24H30N2O4. The standard InChI is InChI=1S/C24H30N2O4/c1-3-17-11-13-18(14-12-17)30-22(4-2)24(28)26-21-10-6-5-9-20(21)23(27)25-16-19-8-7-15-29-19/h5-6,9-14,19,22H,3-4,7-8,15-16H2,1-2H3,(H,25,27)(H,26,28)/t19-,22-/m0/s1. The van der Waals surface area contributed by atoms with Crippen LogP contribution in [0.2, 0.25) is 0 Å². The Kier molecular flexibility index (Phi) is 7.85. The van der Waals surface area contributed by atoms with Crippen LogP contribution in [0.3, 0.4) is 0 Å². The molecule has 2 atom stereocenters. The van der Waals surface area contributed by atoms with Crippen molar-refractivity contribution >= 4 is 17.5 Å². The van der Waals surface area contributed by atoms with E-state index in [-0.39, 0.29) is 17.9 Å². The molecule has 2 N–H and O–H groups in total. The molecular weight excluding hydrogens is 380 g/mol. The lowest BCUT2D eigenvalue weighted by Gasteiger charge is -2.19. The summed E-state index contributed by atoms with van der Waals surface area (Å²) in [5.74, 6) is 0.138. The summed E-state index contributed by atoms with van der Waals surface area (Å²) in [6.45, 7) is 5.19. The lowest BCUT2D eigenvalue weighted by atomic mass is 10.1. The molecule has 0 aromatic heterocycles. The van der Waals surface area contributed by atoms with Crippen molar-refractivity contribution in [2.75, 3.05) is 18.5 Å². The molecule has 0 unspecified atom stereocenters. The topological polar surface area (TPSA) is 76.7 Å². The zero-order chi connectivity index (χ0) is 21.3. The van der Waals surface area contributed by atoms with Gasteiger partial charge in [0.1, 0.15) is 5.75 Å². The van der Waals surface area contributed by atoms with Crippen LogP contribution in [0, 0.1) is 0 Å². The summed E-state index contributed by atoms with van der Waals surface area (Å²) < 4.78 is 11.4. The molecule has 6 heteroatoms. The number of carbonyl (C=O) groups excluding carboxylic acids is 2. The fraction of sp³-hybridized carbons (Fsp3) is 0.417. The first-order valence-electron chi connectivity index (χ1n) is 10.7. The predicted molar refractivity (Wildman–Crippen MR) is 117 cm³/mol. The van der Waals surface area contributed by atoms with Gasteiger partial charge < -0.3 is 20.1 Å². The van der Waals surface area contributed by atoms with Crippen LogP contribution in [-0.4, -0.2) is 37.2 Å². The van der Waals surface area contributed by atoms with Crippen LogP contribution in [-0.2, 0) is 16.0 Å². The van der Waals surface area contributed by atoms with E-state index in [0.29, 0.717) is 30.0 Å². The second-order valence-corrected chi connectivity index (χ2v) is 7.39. The van der Waals surface area contributed by atoms with E-state index in [2.05, 4.69) is 17.6 Å². The van der Waals surface area contributed by atoms with Gasteiger partial charge in [0.05, 0.1) is 17.4 Å². The van der Waals surface area contributed by atoms with E-state index in [0.717, 1.165) is 25.9 Å². The molecule has 0 radical (unpaired) electrons. The van der Waals surface area contributed by atoms with E-state index in [9.17, 15) is 9.59 Å². The largest absolute Gasteiger partial charge is 0.481 e. The molecule has 0 bridgehead atoms. The first kappa shape index (κ1) is 21.8. The summed E-state index contributed by atoms with van der Waals surface area (Å²) >= 11 is 0. The zero-order valence-corrected chi connectivity index (χ0v) is 17.6. The van der Waals surface area contributed by atoms with Gasteiger partial charge in [-0.2, -0.15) is 0 Å². The van der Waals surface area contributed by atoms with Gasteiger partial charge in [0.2, 0.25) is 0 Å². The van der Waals surface area contributed by atoms with Gasteiger partial charge in [0.15, 0.2) is 6.10 Å². The SMILES string of the molecule is CCc1ccc(O[C@@H](CC)C(=O)Nc2ccccc2C(=O)NC[C@@H]2CCCO2)cc1. The van der Waals surface area contributed by atoms with Gasteiger partial charge >= 0.3 is 0 Å². The van der Waals surface area contributed by atoms with Crippen LogP contribution < -0.4 is 15.4 Å². The number of ether oxygens (including phenoxy) is 2. The Bertz CT molecular complexity index is 845. The Labute approximate surface area is 178 Å². The first-order chi connectivity index (χ1) is 14.6. The first-order valence-corrected chi connectivity index (χ1v) is 10.7. The highest BCUT2D eigenvalue weighted by Crippen LogP contribution is 2.19. The molecule has 2 aromatic carbocycles. The van der Waals surface area contributed by atoms with Gasteiger partial charge in [-0.05, 0) is 55.5 Å². The molecule has 1 aliphatic heterocycles. The number of anilines is 1. The van der Waals surface area contributed by atoms with Crippen molar-refractivity contribution in [1.82, 2.24) is 5.32 Å². The van der Waals surface area contributed by atoms with Crippen molar-refractivity contribution in [1.29, 1.82) is 0 Å². The summed E-state index contributed by atoms with van der Waals surface area (Å²) in [6.07, 6.45) is 2.84. The van der Waals surface area contributed by atoms with Crippen LogP contribution in [0.15, 0.2) is 48.5 Å². The van der Waals surface area contributed by atoms with Gasteiger partial charge in [0, 0.05) is 13.2 Å². The Morgan fingerprint density at radius 3 is 2.57 bits per heavy atom. The minimum absolute atomic E-state index is 0.0627. The van der Waals surface area contributed by atoms with Crippen LogP contribution >= 0.6 is 0 Å². The van der Waals surface area contributed by atoms with E-state index in [1.807, 2.05) is 31.2 Å². The number of aryl methyl sites for hydroxylation is 1. The van der Waals surface area contributed by atoms with Gasteiger partial charge in [0.25, 0.3) is 11.8 Å². The molecule has 1 saturated heterocycles. The van der Waals surface area contributed by atoms with Crippen LogP contribution in [0.4, 0.5) is 5.69 Å². The second-order valence-electron chi connectivity index (χ2n) is 7.39. The summed E-state index contributed by atoms with van der Waals surface area (Å²) in [6, 6.07) is 14.7. The maximum atomic E-state index is 12.8. The van der Waals surface area contributed by atoms with Crippen LogP contribution in [0.1, 0.15) is 49.0 Å². The number of carbonyl (C=O) groups is 2. The lowest BCUT2D eigenvalue weighted by molar-refractivity contribution is -0.122. The molecule has 1 fully saturated rings. The molecule has 1 heterocycles. The molecule has 160 valence electrons. The van der Waals surface area contributed by atoms with Crippen molar-refractivity contribution in [3.05, 3.63) is 59.7 Å². The molecule has 0 saturated carbocycles. The molecule has 3 rings (SSSR count). The highest BCUT2D eigenvalue weighted by molar-refractivity contribution is 6.04. The molecule has 0 aliphatic carbocycles. The highest BCUT2D eigenvalue weighted by atomic mass is 16.5. The van der Waals surface area contributed by atoms with Gasteiger partial charge in [-0.3, -0.25) is 9.59 Å². The van der Waals surface area contributed by atoms with Crippen LogP contribution in [0.5, 0.6) is 5.75 Å². The fourth-order valence-corrected chi connectivity index (χ4v) is 3.40. The van der Waals surface area contributed by atoms with Crippen molar-refractivity contribution in [2.45, 2.75) is 51.7 Å². The highest BCUT2D eigenvalue weighted by Gasteiger charge is 2.22. The summed E-state index contributed by atoms with van der Waals surface area (Å²) in [4.78, 5) is 25.5. The number of para-hydroxylation sites is 1.